The molecule has 0 fully saturated rings. The van der Waals surface area contributed by atoms with Crippen molar-refractivity contribution >= 4 is 29.1 Å². The van der Waals surface area contributed by atoms with Crippen molar-refractivity contribution in [1.82, 2.24) is 10.2 Å². The van der Waals surface area contributed by atoms with Crippen molar-refractivity contribution in [3.05, 3.63) is 29.3 Å². The predicted octanol–water partition coefficient (Wildman–Crippen LogP) is 2.12. The monoisotopic (exact) mass is 311 g/mol. The summed E-state index contributed by atoms with van der Waals surface area (Å²) in [5.41, 5.74) is 0.386. The first-order valence-corrected chi connectivity index (χ1v) is 7.10. The SMILES string of the molecule is CN(CC(=O)NC(C)(C)C)C(=O)CNc1ccccc1Cl. The number of likely N-dealkylation sites (N-methyl/N-ethyl adjacent to an activating group) is 1. The van der Waals surface area contributed by atoms with Crippen LogP contribution in [-0.4, -0.2) is 42.4 Å². The van der Waals surface area contributed by atoms with E-state index < -0.39 is 0 Å². The Morgan fingerprint density at radius 3 is 2.43 bits per heavy atom. The van der Waals surface area contributed by atoms with E-state index in [9.17, 15) is 9.59 Å². The van der Waals surface area contributed by atoms with Gasteiger partial charge in [0.05, 0.1) is 23.8 Å². The minimum absolute atomic E-state index is 0.0281. The molecule has 2 amide bonds. The molecule has 5 nitrogen and oxygen atoms in total. The number of benzene rings is 1. The van der Waals surface area contributed by atoms with E-state index in [-0.39, 0.29) is 30.4 Å². The van der Waals surface area contributed by atoms with Crippen LogP contribution in [0.25, 0.3) is 0 Å². The lowest BCUT2D eigenvalue weighted by Crippen LogP contribution is -2.47. The first-order chi connectivity index (χ1) is 9.69. The molecule has 0 aliphatic rings. The fourth-order valence-corrected chi connectivity index (χ4v) is 1.87. The van der Waals surface area contributed by atoms with E-state index in [0.717, 1.165) is 0 Å². The highest BCUT2D eigenvalue weighted by Gasteiger charge is 2.17. The predicted molar refractivity (Wildman–Crippen MR) is 85.5 cm³/mol. The molecule has 0 aliphatic heterocycles. The molecule has 1 aromatic rings. The molecule has 0 atom stereocenters. The average Bonchev–Trinajstić information content (AvgIpc) is 2.34. The molecule has 1 aromatic carbocycles. The molecule has 2 N–H and O–H groups in total. The third-order valence-electron chi connectivity index (χ3n) is 2.62. The second-order valence-electron chi connectivity index (χ2n) is 5.88. The maximum Gasteiger partial charge on any atom is 0.242 e. The number of nitrogens with zero attached hydrogens (tertiary/aromatic N) is 1. The van der Waals surface area contributed by atoms with E-state index in [2.05, 4.69) is 10.6 Å². The van der Waals surface area contributed by atoms with Crippen LogP contribution in [0.5, 0.6) is 0 Å². The van der Waals surface area contributed by atoms with Crippen molar-refractivity contribution < 1.29 is 9.59 Å². The van der Waals surface area contributed by atoms with Crippen molar-refractivity contribution in [3.63, 3.8) is 0 Å². The summed E-state index contributed by atoms with van der Waals surface area (Å²) in [6.07, 6.45) is 0. The van der Waals surface area contributed by atoms with E-state index in [1.54, 1.807) is 19.2 Å². The van der Waals surface area contributed by atoms with E-state index in [1.807, 2.05) is 32.9 Å². The van der Waals surface area contributed by atoms with E-state index in [4.69, 9.17) is 11.6 Å². The summed E-state index contributed by atoms with van der Waals surface area (Å²) in [6.45, 7) is 5.80. The summed E-state index contributed by atoms with van der Waals surface area (Å²) in [7, 11) is 1.60. The molecule has 0 aromatic heterocycles. The van der Waals surface area contributed by atoms with Gasteiger partial charge in [0, 0.05) is 12.6 Å². The molecule has 21 heavy (non-hydrogen) atoms. The van der Waals surface area contributed by atoms with Gasteiger partial charge in [0.2, 0.25) is 11.8 Å². The summed E-state index contributed by atoms with van der Waals surface area (Å²) < 4.78 is 0. The Morgan fingerprint density at radius 1 is 1.24 bits per heavy atom. The Kier molecular flexibility index (Phi) is 6.03. The van der Waals surface area contributed by atoms with Crippen LogP contribution < -0.4 is 10.6 Å². The highest BCUT2D eigenvalue weighted by Crippen LogP contribution is 2.19. The van der Waals surface area contributed by atoms with E-state index >= 15 is 0 Å². The van der Waals surface area contributed by atoms with Crippen LogP contribution in [0.3, 0.4) is 0 Å². The number of amides is 2. The van der Waals surface area contributed by atoms with Crippen LogP contribution in [0, 0.1) is 0 Å². The van der Waals surface area contributed by atoms with Gasteiger partial charge in [0.1, 0.15) is 0 Å². The van der Waals surface area contributed by atoms with Gasteiger partial charge in [-0.25, -0.2) is 0 Å². The lowest BCUT2D eigenvalue weighted by Gasteiger charge is -2.23. The van der Waals surface area contributed by atoms with Gasteiger partial charge in [-0.1, -0.05) is 23.7 Å². The molecule has 0 unspecified atom stereocenters. The molecule has 1 rings (SSSR count). The Bertz CT molecular complexity index is 512. The van der Waals surface area contributed by atoms with Crippen molar-refractivity contribution in [3.8, 4) is 0 Å². The average molecular weight is 312 g/mol. The normalized spacial score (nSPS) is 10.9. The van der Waals surface area contributed by atoms with Crippen molar-refractivity contribution in [2.75, 3.05) is 25.5 Å². The third kappa shape index (κ3) is 6.49. The van der Waals surface area contributed by atoms with Crippen LogP contribution in [-0.2, 0) is 9.59 Å². The standard InChI is InChI=1S/C15H22ClN3O2/c1-15(2,3)18-13(20)10-19(4)14(21)9-17-12-8-6-5-7-11(12)16/h5-8,17H,9-10H2,1-4H3,(H,18,20). The molecular formula is C15H22ClN3O2. The third-order valence-corrected chi connectivity index (χ3v) is 2.95. The van der Waals surface area contributed by atoms with Crippen LogP contribution in [0.2, 0.25) is 5.02 Å². The zero-order chi connectivity index (χ0) is 16.0. The van der Waals surface area contributed by atoms with Crippen LogP contribution in [0.15, 0.2) is 24.3 Å². The van der Waals surface area contributed by atoms with E-state index in [0.29, 0.717) is 10.7 Å². The van der Waals surface area contributed by atoms with Gasteiger partial charge in [-0.15, -0.1) is 0 Å². The highest BCUT2D eigenvalue weighted by molar-refractivity contribution is 6.33. The minimum Gasteiger partial charge on any atom is -0.375 e. The van der Waals surface area contributed by atoms with Crippen LogP contribution in [0.1, 0.15) is 20.8 Å². The van der Waals surface area contributed by atoms with Gasteiger partial charge in [-0.2, -0.15) is 0 Å². The summed E-state index contributed by atoms with van der Waals surface area (Å²) >= 11 is 5.99. The van der Waals surface area contributed by atoms with Crippen LogP contribution in [0.4, 0.5) is 5.69 Å². The molecule has 0 saturated carbocycles. The Labute approximate surface area is 130 Å². The van der Waals surface area contributed by atoms with E-state index in [1.165, 1.54) is 4.90 Å². The highest BCUT2D eigenvalue weighted by atomic mass is 35.5. The fraction of sp³-hybridized carbons (Fsp3) is 0.467. The number of rotatable bonds is 5. The van der Waals surface area contributed by atoms with Crippen molar-refractivity contribution in [2.24, 2.45) is 0 Å². The van der Waals surface area contributed by atoms with Gasteiger partial charge >= 0.3 is 0 Å². The van der Waals surface area contributed by atoms with Crippen molar-refractivity contribution in [2.45, 2.75) is 26.3 Å². The molecule has 0 saturated heterocycles. The largest absolute Gasteiger partial charge is 0.375 e. The smallest absolute Gasteiger partial charge is 0.242 e. The topological polar surface area (TPSA) is 61.4 Å². The molecule has 0 radical (unpaired) electrons. The quantitative estimate of drug-likeness (QED) is 0.875. The van der Waals surface area contributed by atoms with Gasteiger partial charge in [-0.3, -0.25) is 9.59 Å². The Morgan fingerprint density at radius 2 is 1.86 bits per heavy atom. The Hall–Kier alpha value is -1.75. The van der Waals surface area contributed by atoms with Gasteiger partial charge in [-0.05, 0) is 32.9 Å². The fourth-order valence-electron chi connectivity index (χ4n) is 1.67. The maximum absolute atomic E-state index is 12.0. The molecule has 0 spiro atoms. The lowest BCUT2D eigenvalue weighted by atomic mass is 10.1. The number of halogens is 1. The second kappa shape index (κ2) is 7.31. The van der Waals surface area contributed by atoms with Crippen molar-refractivity contribution in [1.29, 1.82) is 0 Å². The molecule has 0 aliphatic carbocycles. The molecule has 6 heteroatoms. The summed E-state index contributed by atoms with van der Waals surface area (Å²) in [4.78, 5) is 25.1. The van der Waals surface area contributed by atoms with Crippen LogP contribution >= 0.6 is 11.6 Å². The minimum atomic E-state index is -0.309. The zero-order valence-electron chi connectivity index (χ0n) is 12.9. The molecular weight excluding hydrogens is 290 g/mol. The summed E-state index contributed by atoms with van der Waals surface area (Å²) in [6, 6.07) is 7.19. The number of nitrogens with one attached hydrogen (secondary N) is 2. The number of carbonyl (C=O) groups excluding carboxylic acids is 2. The zero-order valence-corrected chi connectivity index (χ0v) is 13.6. The number of hydrogen-bond donors (Lipinski definition) is 2. The van der Waals surface area contributed by atoms with Gasteiger partial charge < -0.3 is 15.5 Å². The summed E-state index contributed by atoms with van der Waals surface area (Å²) in [5.74, 6) is -0.366. The summed E-state index contributed by atoms with van der Waals surface area (Å²) in [5, 5.41) is 6.33. The molecule has 116 valence electrons. The number of hydrogen-bond acceptors (Lipinski definition) is 3. The number of carbonyl (C=O) groups is 2. The first kappa shape index (κ1) is 17.3. The number of anilines is 1. The maximum atomic E-state index is 12.0. The first-order valence-electron chi connectivity index (χ1n) is 6.72. The number of para-hydroxylation sites is 1. The second-order valence-corrected chi connectivity index (χ2v) is 6.29. The van der Waals surface area contributed by atoms with Gasteiger partial charge in [0.15, 0.2) is 0 Å². The Balaban J connectivity index is 2.45. The van der Waals surface area contributed by atoms with Gasteiger partial charge in [0.25, 0.3) is 0 Å². The molecule has 0 heterocycles. The molecule has 0 bridgehead atoms. The lowest BCUT2D eigenvalue weighted by molar-refractivity contribution is -0.133.